The van der Waals surface area contributed by atoms with Gasteiger partial charge in [0.05, 0.1) is 19.1 Å². The molecule has 2 amide bonds. The summed E-state index contributed by atoms with van der Waals surface area (Å²) in [5.41, 5.74) is 2.46. The molecule has 2 heterocycles. The minimum atomic E-state index is -0.899. The van der Waals surface area contributed by atoms with Crippen molar-refractivity contribution in [2.24, 2.45) is 5.92 Å². The summed E-state index contributed by atoms with van der Waals surface area (Å²) in [5.74, 6) is -1.91. The minimum Gasteiger partial charge on any atom is -0.449 e. The average Bonchev–Trinajstić information content (AvgIpc) is 3.86. The van der Waals surface area contributed by atoms with E-state index in [1.165, 1.54) is 9.58 Å². The van der Waals surface area contributed by atoms with Crippen LogP contribution in [0.25, 0.3) is 22.0 Å². The van der Waals surface area contributed by atoms with Gasteiger partial charge in [-0.15, -0.1) is 0 Å². The van der Waals surface area contributed by atoms with Crippen molar-refractivity contribution in [2.45, 2.75) is 51.2 Å². The highest BCUT2D eigenvalue weighted by Gasteiger charge is 2.40. The van der Waals surface area contributed by atoms with Crippen LogP contribution in [-0.2, 0) is 9.47 Å². The Morgan fingerprint density at radius 2 is 1.52 bits per heavy atom. The molecule has 3 aromatic carbocycles. The number of benzene rings is 3. The van der Waals surface area contributed by atoms with E-state index in [-0.39, 0.29) is 50.4 Å². The van der Waals surface area contributed by atoms with Gasteiger partial charge in [0.2, 0.25) is 0 Å². The van der Waals surface area contributed by atoms with Crippen molar-refractivity contribution in [3.63, 3.8) is 0 Å². The van der Waals surface area contributed by atoms with Crippen molar-refractivity contribution in [1.29, 1.82) is 0 Å². The molecule has 2 aliphatic carbocycles. The number of aromatic nitrogens is 2. The van der Waals surface area contributed by atoms with Crippen LogP contribution < -0.4 is 15.9 Å². The SMILES string of the molecule is CC(C)(C)OC(=O)N1CCN(n2c(C(NC(=O)OCC3c4ccccc4-c4ccccc43)C3CC3)nc3c(F)ccc(F)c3c2=O)CC1. The zero-order valence-electron chi connectivity index (χ0n) is 27.0. The summed E-state index contributed by atoms with van der Waals surface area (Å²) in [6.45, 7) is 6.25. The maximum Gasteiger partial charge on any atom is 0.410 e. The number of hydrogen-bond acceptors (Lipinski definition) is 7. The van der Waals surface area contributed by atoms with Crippen molar-refractivity contribution in [1.82, 2.24) is 19.9 Å². The van der Waals surface area contributed by atoms with E-state index in [1.807, 2.05) is 36.4 Å². The van der Waals surface area contributed by atoms with Gasteiger partial charge in [0.1, 0.15) is 34.7 Å². The molecule has 1 N–H and O–H groups in total. The first kappa shape index (κ1) is 31.6. The second-order valence-corrected chi connectivity index (χ2v) is 13.5. The summed E-state index contributed by atoms with van der Waals surface area (Å²) >= 11 is 0. The van der Waals surface area contributed by atoms with E-state index in [2.05, 4.69) is 22.4 Å². The number of rotatable bonds is 6. The molecular formula is C36H37F2N5O5. The Hall–Kier alpha value is -5.00. The number of carbonyl (C=O) groups excluding carboxylic acids is 2. The number of ether oxygens (including phenoxy) is 2. The van der Waals surface area contributed by atoms with Gasteiger partial charge in [-0.3, -0.25) is 4.79 Å². The molecular weight excluding hydrogens is 620 g/mol. The first-order valence-corrected chi connectivity index (χ1v) is 16.3. The number of carbonyl (C=O) groups is 2. The lowest BCUT2D eigenvalue weighted by Crippen LogP contribution is -2.57. The van der Waals surface area contributed by atoms with E-state index in [0.29, 0.717) is 0 Å². The molecule has 1 saturated carbocycles. The minimum absolute atomic E-state index is 0.0822. The second kappa shape index (κ2) is 12.2. The van der Waals surface area contributed by atoms with Crippen LogP contribution in [0.15, 0.2) is 65.5 Å². The third-order valence-corrected chi connectivity index (χ3v) is 9.11. The quantitative estimate of drug-likeness (QED) is 0.277. The summed E-state index contributed by atoms with van der Waals surface area (Å²) < 4.78 is 42.7. The van der Waals surface area contributed by atoms with Crippen molar-refractivity contribution < 1.29 is 27.8 Å². The van der Waals surface area contributed by atoms with E-state index in [0.717, 1.165) is 47.2 Å². The fourth-order valence-electron chi connectivity index (χ4n) is 6.70. The highest BCUT2D eigenvalue weighted by atomic mass is 19.1. The molecule has 0 bridgehead atoms. The van der Waals surface area contributed by atoms with Gasteiger partial charge in [-0.1, -0.05) is 48.5 Å². The van der Waals surface area contributed by atoms with Gasteiger partial charge >= 0.3 is 12.2 Å². The molecule has 10 nitrogen and oxygen atoms in total. The molecule has 48 heavy (non-hydrogen) atoms. The summed E-state index contributed by atoms with van der Waals surface area (Å²) in [6, 6.07) is 17.1. The van der Waals surface area contributed by atoms with Crippen LogP contribution in [0.1, 0.15) is 62.5 Å². The van der Waals surface area contributed by atoms with Crippen LogP contribution in [0.3, 0.4) is 0 Å². The van der Waals surface area contributed by atoms with E-state index < -0.39 is 51.9 Å². The lowest BCUT2D eigenvalue weighted by Gasteiger charge is -2.38. The third kappa shape index (κ3) is 5.95. The Morgan fingerprint density at radius 3 is 2.12 bits per heavy atom. The maximum absolute atomic E-state index is 15.1. The topological polar surface area (TPSA) is 106 Å². The van der Waals surface area contributed by atoms with Crippen LogP contribution in [0.2, 0.25) is 0 Å². The molecule has 2 fully saturated rings. The largest absolute Gasteiger partial charge is 0.449 e. The Kier molecular flexibility index (Phi) is 8.04. The molecule has 3 aliphatic rings. The Balaban J connectivity index is 1.17. The highest BCUT2D eigenvalue weighted by molar-refractivity contribution is 5.80. The van der Waals surface area contributed by atoms with E-state index in [4.69, 9.17) is 9.47 Å². The number of halogens is 2. The normalized spacial score (nSPS) is 16.8. The fraction of sp³-hybridized carbons (Fsp3) is 0.389. The van der Waals surface area contributed by atoms with Gasteiger partial charge in [-0.25, -0.2) is 28.0 Å². The van der Waals surface area contributed by atoms with E-state index in [1.54, 1.807) is 25.8 Å². The number of fused-ring (bicyclic) bond motifs is 4. The number of nitrogens with zero attached hydrogens (tertiary/aromatic N) is 4. The maximum atomic E-state index is 15.1. The van der Waals surface area contributed by atoms with Crippen molar-refractivity contribution in [3.05, 3.63) is 99.6 Å². The zero-order chi connectivity index (χ0) is 33.7. The van der Waals surface area contributed by atoms with Crippen molar-refractivity contribution >= 4 is 23.1 Å². The van der Waals surface area contributed by atoms with Gasteiger partial charge in [0.15, 0.2) is 5.82 Å². The molecule has 1 unspecified atom stereocenters. The van der Waals surface area contributed by atoms with Crippen molar-refractivity contribution in [3.8, 4) is 11.1 Å². The zero-order valence-corrected chi connectivity index (χ0v) is 27.0. The molecule has 1 aliphatic heterocycles. The average molecular weight is 658 g/mol. The lowest BCUT2D eigenvalue weighted by atomic mass is 9.98. The molecule has 1 atom stereocenters. The van der Waals surface area contributed by atoms with Gasteiger partial charge in [0, 0.05) is 19.0 Å². The summed E-state index contributed by atoms with van der Waals surface area (Å²) in [4.78, 5) is 46.3. The first-order valence-electron chi connectivity index (χ1n) is 16.3. The van der Waals surface area contributed by atoms with Gasteiger partial charge < -0.3 is 24.7 Å². The second-order valence-electron chi connectivity index (χ2n) is 13.5. The third-order valence-electron chi connectivity index (χ3n) is 9.11. The van der Waals surface area contributed by atoms with Gasteiger partial charge in [0.25, 0.3) is 5.56 Å². The summed E-state index contributed by atoms with van der Waals surface area (Å²) in [5, 5.41) is 4.09. The van der Waals surface area contributed by atoms with E-state index in [9.17, 15) is 14.4 Å². The highest BCUT2D eigenvalue weighted by Crippen LogP contribution is 2.45. The fourth-order valence-corrected chi connectivity index (χ4v) is 6.70. The summed E-state index contributed by atoms with van der Waals surface area (Å²) in [7, 11) is 0. The number of hydrogen-bond donors (Lipinski definition) is 1. The predicted molar refractivity (Wildman–Crippen MR) is 175 cm³/mol. The first-order chi connectivity index (χ1) is 23.0. The molecule has 0 radical (unpaired) electrons. The number of piperazine rings is 1. The molecule has 1 saturated heterocycles. The number of amides is 2. The standard InChI is InChI=1S/C36H37F2N5O5/c1-36(2,3)48-35(46)41-16-18-42(19-17-41)43-32(39-31-28(38)15-14-27(37)29(31)33(43)44)30(21-12-13-21)40-34(45)47-20-26-24-10-6-4-8-22(24)23-9-5-7-11-25(23)26/h4-11,14-15,21,26,30H,12-13,16-20H2,1-3H3,(H,40,45). The molecule has 250 valence electrons. The Morgan fingerprint density at radius 1 is 0.917 bits per heavy atom. The van der Waals surface area contributed by atoms with Crippen LogP contribution >= 0.6 is 0 Å². The molecule has 12 heteroatoms. The lowest BCUT2D eigenvalue weighted by molar-refractivity contribution is 0.0231. The van der Waals surface area contributed by atoms with Crippen LogP contribution in [0.5, 0.6) is 0 Å². The van der Waals surface area contributed by atoms with Crippen LogP contribution in [-0.4, -0.2) is 65.1 Å². The molecule has 1 aromatic heterocycles. The van der Waals surface area contributed by atoms with Gasteiger partial charge in [-0.2, -0.15) is 0 Å². The number of alkyl carbamates (subject to hydrolysis) is 1. The van der Waals surface area contributed by atoms with Crippen LogP contribution in [0, 0.1) is 17.6 Å². The van der Waals surface area contributed by atoms with Crippen molar-refractivity contribution in [2.75, 3.05) is 37.8 Å². The monoisotopic (exact) mass is 657 g/mol. The van der Waals surface area contributed by atoms with Crippen LogP contribution in [0.4, 0.5) is 18.4 Å². The molecule has 7 rings (SSSR count). The van der Waals surface area contributed by atoms with E-state index >= 15 is 8.78 Å². The molecule has 0 spiro atoms. The predicted octanol–water partition coefficient (Wildman–Crippen LogP) is 5.85. The Bertz CT molecular complexity index is 1920. The summed E-state index contributed by atoms with van der Waals surface area (Å²) in [6.07, 6.45) is 0.289. The smallest absolute Gasteiger partial charge is 0.410 e. The van der Waals surface area contributed by atoms with Gasteiger partial charge in [-0.05, 0) is 73.9 Å². The Labute approximate surface area is 276 Å². The number of nitrogens with one attached hydrogen (secondary N) is 1. The molecule has 4 aromatic rings.